The summed E-state index contributed by atoms with van der Waals surface area (Å²) in [6.45, 7) is 1.83. The second-order valence-corrected chi connectivity index (χ2v) is 4.12. The number of aromatic hydroxyl groups is 1. The standard InChI is InChI=1S/C11H14N2O2S/c1-7(6-10(12)16)13-11(15)8-2-4-9(14)5-3-8/h2-5,7,14H,6H2,1H3,(H2,12,16)(H,13,15). The van der Waals surface area contributed by atoms with Gasteiger partial charge in [-0.3, -0.25) is 4.79 Å². The molecule has 1 unspecified atom stereocenters. The van der Waals surface area contributed by atoms with Gasteiger partial charge in [0.1, 0.15) is 5.75 Å². The van der Waals surface area contributed by atoms with Crippen LogP contribution in [0.1, 0.15) is 23.7 Å². The molecule has 0 heterocycles. The van der Waals surface area contributed by atoms with Crippen molar-refractivity contribution in [2.45, 2.75) is 19.4 Å². The molecule has 0 aliphatic rings. The molecule has 5 heteroatoms. The van der Waals surface area contributed by atoms with Gasteiger partial charge in [-0.05, 0) is 31.2 Å². The van der Waals surface area contributed by atoms with Crippen molar-refractivity contribution in [1.29, 1.82) is 0 Å². The van der Waals surface area contributed by atoms with Crippen LogP contribution < -0.4 is 11.1 Å². The molecule has 0 aliphatic carbocycles. The highest BCUT2D eigenvalue weighted by molar-refractivity contribution is 7.80. The largest absolute Gasteiger partial charge is 0.508 e. The summed E-state index contributed by atoms with van der Waals surface area (Å²) in [5.41, 5.74) is 5.87. The van der Waals surface area contributed by atoms with E-state index in [0.29, 0.717) is 17.0 Å². The van der Waals surface area contributed by atoms with Crippen LogP contribution in [-0.4, -0.2) is 22.0 Å². The van der Waals surface area contributed by atoms with E-state index < -0.39 is 0 Å². The Morgan fingerprint density at radius 3 is 2.56 bits per heavy atom. The molecule has 0 aromatic heterocycles. The highest BCUT2D eigenvalue weighted by Crippen LogP contribution is 2.09. The minimum absolute atomic E-state index is 0.0983. The monoisotopic (exact) mass is 238 g/mol. The molecule has 0 spiro atoms. The second-order valence-electron chi connectivity index (χ2n) is 3.59. The SMILES string of the molecule is CC(CC(N)=S)NC(=O)c1ccc(O)cc1. The van der Waals surface area contributed by atoms with Crippen molar-refractivity contribution in [2.24, 2.45) is 5.73 Å². The molecule has 1 aromatic rings. The van der Waals surface area contributed by atoms with E-state index in [1.165, 1.54) is 12.1 Å². The van der Waals surface area contributed by atoms with Crippen LogP contribution in [0.5, 0.6) is 5.75 Å². The lowest BCUT2D eigenvalue weighted by Gasteiger charge is -2.12. The Morgan fingerprint density at radius 2 is 2.06 bits per heavy atom. The average molecular weight is 238 g/mol. The number of phenolic OH excluding ortho intramolecular Hbond substituents is 1. The number of hydrogen-bond donors (Lipinski definition) is 3. The number of carbonyl (C=O) groups is 1. The maximum atomic E-state index is 11.7. The summed E-state index contributed by atoms with van der Waals surface area (Å²) in [7, 11) is 0. The Kier molecular flexibility index (Phi) is 4.25. The summed E-state index contributed by atoms with van der Waals surface area (Å²) >= 11 is 4.75. The molecule has 0 aliphatic heterocycles. The fraction of sp³-hybridized carbons (Fsp3) is 0.273. The van der Waals surface area contributed by atoms with E-state index in [2.05, 4.69) is 5.32 Å². The van der Waals surface area contributed by atoms with Crippen molar-refractivity contribution >= 4 is 23.1 Å². The van der Waals surface area contributed by atoms with Gasteiger partial charge in [0, 0.05) is 18.0 Å². The highest BCUT2D eigenvalue weighted by Gasteiger charge is 2.10. The van der Waals surface area contributed by atoms with Crippen LogP contribution >= 0.6 is 12.2 Å². The fourth-order valence-electron chi connectivity index (χ4n) is 1.27. The number of thiocarbonyl (C=S) groups is 1. The molecule has 1 atom stereocenters. The first-order valence-corrected chi connectivity index (χ1v) is 5.28. The van der Waals surface area contributed by atoms with Gasteiger partial charge in [0.25, 0.3) is 5.91 Å². The van der Waals surface area contributed by atoms with Gasteiger partial charge in [0.2, 0.25) is 0 Å². The average Bonchev–Trinajstić information content (AvgIpc) is 2.16. The summed E-state index contributed by atoms with van der Waals surface area (Å²) in [5, 5.41) is 11.8. The number of nitrogens with one attached hydrogen (secondary N) is 1. The van der Waals surface area contributed by atoms with Gasteiger partial charge in [-0.2, -0.15) is 0 Å². The van der Waals surface area contributed by atoms with Gasteiger partial charge in [0.05, 0.1) is 4.99 Å². The number of phenols is 1. The first kappa shape index (κ1) is 12.4. The minimum atomic E-state index is -0.205. The molecular formula is C11H14N2O2S. The molecule has 0 fully saturated rings. The summed E-state index contributed by atoms with van der Waals surface area (Å²) in [5.74, 6) is -0.0727. The molecule has 0 saturated carbocycles. The van der Waals surface area contributed by atoms with Crippen LogP contribution in [0, 0.1) is 0 Å². The predicted octanol–water partition coefficient (Wildman–Crippen LogP) is 1.19. The molecule has 16 heavy (non-hydrogen) atoms. The minimum Gasteiger partial charge on any atom is -0.508 e. The molecular weight excluding hydrogens is 224 g/mol. The van der Waals surface area contributed by atoms with Crippen LogP contribution in [0.25, 0.3) is 0 Å². The van der Waals surface area contributed by atoms with Gasteiger partial charge in [-0.15, -0.1) is 0 Å². The Morgan fingerprint density at radius 1 is 1.50 bits per heavy atom. The van der Waals surface area contributed by atoms with Crippen molar-refractivity contribution in [3.63, 3.8) is 0 Å². The van der Waals surface area contributed by atoms with Crippen LogP contribution in [0.15, 0.2) is 24.3 Å². The Labute approximate surface area is 99.5 Å². The number of rotatable bonds is 4. The van der Waals surface area contributed by atoms with Crippen LogP contribution in [-0.2, 0) is 0 Å². The van der Waals surface area contributed by atoms with E-state index in [0.717, 1.165) is 0 Å². The lowest BCUT2D eigenvalue weighted by Crippen LogP contribution is -2.35. The van der Waals surface area contributed by atoms with E-state index >= 15 is 0 Å². The van der Waals surface area contributed by atoms with Gasteiger partial charge in [-0.25, -0.2) is 0 Å². The lowest BCUT2D eigenvalue weighted by atomic mass is 10.1. The predicted molar refractivity (Wildman–Crippen MR) is 66.4 cm³/mol. The van der Waals surface area contributed by atoms with Gasteiger partial charge in [-0.1, -0.05) is 12.2 Å². The molecule has 1 aromatic carbocycles. The Hall–Kier alpha value is -1.62. The number of nitrogens with two attached hydrogens (primary N) is 1. The van der Waals surface area contributed by atoms with Crippen molar-refractivity contribution < 1.29 is 9.90 Å². The molecule has 4 nitrogen and oxygen atoms in total. The van der Waals surface area contributed by atoms with E-state index in [1.54, 1.807) is 12.1 Å². The summed E-state index contributed by atoms with van der Waals surface area (Å²) in [4.78, 5) is 12.0. The van der Waals surface area contributed by atoms with Crippen LogP contribution in [0.4, 0.5) is 0 Å². The van der Waals surface area contributed by atoms with Gasteiger partial charge >= 0.3 is 0 Å². The van der Waals surface area contributed by atoms with Crippen molar-refractivity contribution in [3.8, 4) is 5.75 Å². The molecule has 0 saturated heterocycles. The maximum absolute atomic E-state index is 11.7. The summed E-state index contributed by atoms with van der Waals surface area (Å²) < 4.78 is 0. The summed E-state index contributed by atoms with van der Waals surface area (Å²) in [6, 6.07) is 5.94. The Balaban J connectivity index is 2.58. The quantitative estimate of drug-likeness (QED) is 0.689. The number of benzene rings is 1. The second kappa shape index (κ2) is 5.46. The first-order valence-electron chi connectivity index (χ1n) is 4.87. The number of carbonyl (C=O) groups excluding carboxylic acids is 1. The summed E-state index contributed by atoms with van der Waals surface area (Å²) in [6.07, 6.45) is 0.471. The van der Waals surface area contributed by atoms with Gasteiger partial charge in [0.15, 0.2) is 0 Å². The highest BCUT2D eigenvalue weighted by atomic mass is 32.1. The third kappa shape index (κ3) is 3.86. The zero-order valence-electron chi connectivity index (χ0n) is 8.93. The molecule has 1 amide bonds. The third-order valence-electron chi connectivity index (χ3n) is 2.01. The topological polar surface area (TPSA) is 75.3 Å². The third-order valence-corrected chi connectivity index (χ3v) is 2.18. The zero-order valence-corrected chi connectivity index (χ0v) is 9.75. The fourth-order valence-corrected chi connectivity index (χ4v) is 1.52. The molecule has 0 radical (unpaired) electrons. The van der Waals surface area contributed by atoms with E-state index in [9.17, 15) is 4.79 Å². The molecule has 0 bridgehead atoms. The van der Waals surface area contributed by atoms with Crippen molar-refractivity contribution in [2.75, 3.05) is 0 Å². The lowest BCUT2D eigenvalue weighted by molar-refractivity contribution is 0.0941. The Bertz CT molecular complexity index is 389. The first-order chi connectivity index (χ1) is 7.49. The zero-order chi connectivity index (χ0) is 12.1. The maximum Gasteiger partial charge on any atom is 0.251 e. The van der Waals surface area contributed by atoms with Crippen LogP contribution in [0.2, 0.25) is 0 Å². The smallest absolute Gasteiger partial charge is 0.251 e. The molecule has 4 N–H and O–H groups in total. The van der Waals surface area contributed by atoms with Gasteiger partial charge < -0.3 is 16.2 Å². The van der Waals surface area contributed by atoms with Crippen molar-refractivity contribution in [1.82, 2.24) is 5.32 Å². The number of hydrogen-bond acceptors (Lipinski definition) is 3. The van der Waals surface area contributed by atoms with Crippen molar-refractivity contribution in [3.05, 3.63) is 29.8 Å². The van der Waals surface area contributed by atoms with E-state index in [4.69, 9.17) is 23.1 Å². The van der Waals surface area contributed by atoms with Crippen LogP contribution in [0.3, 0.4) is 0 Å². The molecule has 86 valence electrons. The molecule has 1 rings (SSSR count). The van der Waals surface area contributed by atoms with E-state index in [-0.39, 0.29) is 17.7 Å². The van der Waals surface area contributed by atoms with E-state index in [1.807, 2.05) is 6.92 Å². The normalized spacial score (nSPS) is 11.8. The number of amides is 1.